The van der Waals surface area contributed by atoms with Crippen LogP contribution in [0.5, 0.6) is 11.5 Å². The number of hydrogen-bond acceptors (Lipinski definition) is 4. The number of hydrogen-bond donors (Lipinski definition) is 1. The SMILES string of the molecule is COc1cc(/C=C/C(=O)NC(C)c2ccc(C)o2)ccc1OCC(C)C. The lowest BCUT2D eigenvalue weighted by atomic mass is 10.1. The summed E-state index contributed by atoms with van der Waals surface area (Å²) in [6, 6.07) is 9.14. The first kappa shape index (κ1) is 19.6. The first-order chi connectivity index (χ1) is 12.4. The third kappa shape index (κ3) is 5.69. The quantitative estimate of drug-likeness (QED) is 0.706. The second-order valence-corrected chi connectivity index (χ2v) is 6.63. The number of aryl methyl sites for hydroxylation is 1. The third-order valence-electron chi connectivity index (χ3n) is 3.73. The maximum Gasteiger partial charge on any atom is 0.244 e. The molecule has 0 bridgehead atoms. The summed E-state index contributed by atoms with van der Waals surface area (Å²) < 4.78 is 16.6. The van der Waals surface area contributed by atoms with Crippen molar-refractivity contribution in [3.05, 3.63) is 53.5 Å². The van der Waals surface area contributed by atoms with Gasteiger partial charge in [-0.2, -0.15) is 0 Å². The van der Waals surface area contributed by atoms with E-state index in [-0.39, 0.29) is 11.9 Å². The van der Waals surface area contributed by atoms with E-state index in [2.05, 4.69) is 19.2 Å². The fourth-order valence-corrected chi connectivity index (χ4v) is 2.35. The van der Waals surface area contributed by atoms with Crippen molar-refractivity contribution in [1.82, 2.24) is 5.32 Å². The molecule has 0 spiro atoms. The second-order valence-electron chi connectivity index (χ2n) is 6.63. The summed E-state index contributed by atoms with van der Waals surface area (Å²) in [5.41, 5.74) is 0.857. The second kappa shape index (κ2) is 9.13. The zero-order chi connectivity index (χ0) is 19.1. The van der Waals surface area contributed by atoms with Crippen molar-refractivity contribution in [3.63, 3.8) is 0 Å². The van der Waals surface area contributed by atoms with Gasteiger partial charge in [-0.3, -0.25) is 4.79 Å². The van der Waals surface area contributed by atoms with Crippen LogP contribution in [0.25, 0.3) is 6.08 Å². The molecule has 1 unspecified atom stereocenters. The van der Waals surface area contributed by atoms with Crippen molar-refractivity contribution in [2.75, 3.05) is 13.7 Å². The van der Waals surface area contributed by atoms with Gasteiger partial charge in [0.1, 0.15) is 11.5 Å². The van der Waals surface area contributed by atoms with Crippen LogP contribution in [0.3, 0.4) is 0 Å². The maximum atomic E-state index is 12.1. The molecule has 2 rings (SSSR count). The van der Waals surface area contributed by atoms with Gasteiger partial charge in [0.15, 0.2) is 11.5 Å². The molecule has 1 atom stereocenters. The van der Waals surface area contributed by atoms with Gasteiger partial charge < -0.3 is 19.2 Å². The van der Waals surface area contributed by atoms with Crippen LogP contribution in [0.2, 0.25) is 0 Å². The van der Waals surface area contributed by atoms with Crippen molar-refractivity contribution >= 4 is 12.0 Å². The average molecular weight is 357 g/mol. The molecule has 1 heterocycles. The number of furan rings is 1. The Morgan fingerprint density at radius 1 is 1.19 bits per heavy atom. The Kier molecular flexibility index (Phi) is 6.89. The predicted octanol–water partition coefficient (Wildman–Crippen LogP) is 4.52. The minimum absolute atomic E-state index is 0.189. The lowest BCUT2D eigenvalue weighted by molar-refractivity contribution is -0.117. The summed E-state index contributed by atoms with van der Waals surface area (Å²) in [5, 5.41) is 2.88. The molecule has 5 nitrogen and oxygen atoms in total. The fourth-order valence-electron chi connectivity index (χ4n) is 2.35. The average Bonchev–Trinajstić information content (AvgIpc) is 3.05. The van der Waals surface area contributed by atoms with E-state index in [0.717, 1.165) is 17.1 Å². The Morgan fingerprint density at radius 2 is 1.96 bits per heavy atom. The molecule has 0 saturated carbocycles. The smallest absolute Gasteiger partial charge is 0.244 e. The van der Waals surface area contributed by atoms with Crippen molar-refractivity contribution in [2.45, 2.75) is 33.7 Å². The van der Waals surface area contributed by atoms with E-state index in [1.165, 1.54) is 6.08 Å². The van der Waals surface area contributed by atoms with Crippen molar-refractivity contribution in [3.8, 4) is 11.5 Å². The minimum Gasteiger partial charge on any atom is -0.493 e. The lowest BCUT2D eigenvalue weighted by Gasteiger charge is -2.13. The van der Waals surface area contributed by atoms with Gasteiger partial charge in [0, 0.05) is 6.08 Å². The zero-order valence-electron chi connectivity index (χ0n) is 16.0. The summed E-state index contributed by atoms with van der Waals surface area (Å²) in [7, 11) is 1.60. The highest BCUT2D eigenvalue weighted by molar-refractivity contribution is 5.92. The number of amides is 1. The van der Waals surface area contributed by atoms with E-state index in [9.17, 15) is 4.79 Å². The van der Waals surface area contributed by atoms with Crippen molar-refractivity contribution in [1.29, 1.82) is 0 Å². The molecule has 0 aliphatic rings. The monoisotopic (exact) mass is 357 g/mol. The number of methoxy groups -OCH3 is 1. The maximum absolute atomic E-state index is 12.1. The Hall–Kier alpha value is -2.69. The van der Waals surface area contributed by atoms with Crippen LogP contribution in [0, 0.1) is 12.8 Å². The normalized spacial score (nSPS) is 12.4. The van der Waals surface area contributed by atoms with Gasteiger partial charge >= 0.3 is 0 Å². The van der Waals surface area contributed by atoms with Gasteiger partial charge in [0.05, 0.1) is 19.8 Å². The van der Waals surface area contributed by atoms with Gasteiger partial charge in [0.25, 0.3) is 0 Å². The van der Waals surface area contributed by atoms with E-state index in [1.54, 1.807) is 13.2 Å². The Morgan fingerprint density at radius 3 is 2.58 bits per heavy atom. The van der Waals surface area contributed by atoms with Crippen LogP contribution in [0.4, 0.5) is 0 Å². The molecule has 2 aromatic rings. The summed E-state index contributed by atoms with van der Waals surface area (Å²) in [4.78, 5) is 12.1. The lowest BCUT2D eigenvalue weighted by Crippen LogP contribution is -2.24. The highest BCUT2D eigenvalue weighted by atomic mass is 16.5. The van der Waals surface area contributed by atoms with Crippen LogP contribution in [0.15, 0.2) is 40.8 Å². The molecule has 1 aromatic carbocycles. The highest BCUT2D eigenvalue weighted by Gasteiger charge is 2.11. The van der Waals surface area contributed by atoms with E-state index in [1.807, 2.05) is 44.2 Å². The summed E-state index contributed by atoms with van der Waals surface area (Å²) >= 11 is 0. The van der Waals surface area contributed by atoms with E-state index in [0.29, 0.717) is 24.0 Å². The highest BCUT2D eigenvalue weighted by Crippen LogP contribution is 2.29. The molecule has 26 heavy (non-hydrogen) atoms. The van der Waals surface area contributed by atoms with Gasteiger partial charge in [-0.1, -0.05) is 19.9 Å². The number of benzene rings is 1. The topological polar surface area (TPSA) is 60.7 Å². The first-order valence-corrected chi connectivity index (χ1v) is 8.74. The summed E-state index contributed by atoms with van der Waals surface area (Å²) in [6.45, 7) is 8.56. The Labute approximate surface area is 155 Å². The molecule has 0 aliphatic heterocycles. The third-order valence-corrected chi connectivity index (χ3v) is 3.73. The largest absolute Gasteiger partial charge is 0.493 e. The van der Waals surface area contributed by atoms with Gasteiger partial charge in [0.2, 0.25) is 5.91 Å². The van der Waals surface area contributed by atoms with Crippen LogP contribution >= 0.6 is 0 Å². The molecule has 5 heteroatoms. The standard InChI is InChI=1S/C21H27NO4/c1-14(2)13-25-19-10-7-17(12-20(19)24-5)8-11-21(23)22-16(4)18-9-6-15(3)26-18/h6-12,14,16H,13H2,1-5H3,(H,22,23)/b11-8+. The molecular weight excluding hydrogens is 330 g/mol. The van der Waals surface area contributed by atoms with Crippen LogP contribution < -0.4 is 14.8 Å². The molecule has 0 saturated heterocycles. The van der Waals surface area contributed by atoms with Gasteiger partial charge in [-0.15, -0.1) is 0 Å². The molecule has 1 N–H and O–H groups in total. The number of ether oxygens (including phenoxy) is 2. The van der Waals surface area contributed by atoms with E-state index < -0.39 is 0 Å². The van der Waals surface area contributed by atoms with Crippen molar-refractivity contribution in [2.24, 2.45) is 5.92 Å². The van der Waals surface area contributed by atoms with Gasteiger partial charge in [-0.25, -0.2) is 0 Å². The number of nitrogens with one attached hydrogen (secondary N) is 1. The van der Waals surface area contributed by atoms with E-state index >= 15 is 0 Å². The van der Waals surface area contributed by atoms with Gasteiger partial charge in [-0.05, 0) is 55.7 Å². The van der Waals surface area contributed by atoms with E-state index in [4.69, 9.17) is 13.9 Å². The predicted molar refractivity (Wildman–Crippen MR) is 102 cm³/mol. The fraction of sp³-hybridized carbons (Fsp3) is 0.381. The molecule has 1 aromatic heterocycles. The Balaban J connectivity index is 1.99. The Bertz CT molecular complexity index is 761. The summed E-state index contributed by atoms with van der Waals surface area (Å²) in [5.74, 6) is 3.15. The number of carbonyl (C=O) groups excluding carboxylic acids is 1. The van der Waals surface area contributed by atoms with Crippen molar-refractivity contribution < 1.29 is 18.7 Å². The molecule has 0 radical (unpaired) electrons. The number of carbonyl (C=O) groups is 1. The molecular formula is C21H27NO4. The number of rotatable bonds is 8. The molecule has 0 fully saturated rings. The van der Waals surface area contributed by atoms with Crippen LogP contribution in [0.1, 0.15) is 43.9 Å². The molecule has 0 aliphatic carbocycles. The van der Waals surface area contributed by atoms with Crippen LogP contribution in [-0.4, -0.2) is 19.6 Å². The first-order valence-electron chi connectivity index (χ1n) is 8.74. The minimum atomic E-state index is -0.192. The molecule has 1 amide bonds. The zero-order valence-corrected chi connectivity index (χ0v) is 16.0. The summed E-state index contributed by atoms with van der Waals surface area (Å²) in [6.07, 6.45) is 3.24. The van der Waals surface area contributed by atoms with Crippen LogP contribution in [-0.2, 0) is 4.79 Å². The molecule has 140 valence electrons.